The van der Waals surface area contributed by atoms with Gasteiger partial charge in [-0.1, -0.05) is 24.3 Å². The average molecular weight is 232 g/mol. The fourth-order valence-corrected chi connectivity index (χ4v) is 1.76. The second-order valence-electron chi connectivity index (χ2n) is 4.78. The normalized spacial score (nSPS) is 14.6. The second-order valence-corrected chi connectivity index (χ2v) is 4.78. The molecule has 0 unspecified atom stereocenters. The molecule has 1 aromatic carbocycles. The molecule has 17 heavy (non-hydrogen) atoms. The molecule has 1 aliphatic rings. The summed E-state index contributed by atoms with van der Waals surface area (Å²) in [7, 11) is 0. The molecule has 2 N–H and O–H groups in total. The molecule has 0 atom stereocenters. The quantitative estimate of drug-likeness (QED) is 0.782. The van der Waals surface area contributed by atoms with Crippen LogP contribution < -0.4 is 10.6 Å². The summed E-state index contributed by atoms with van der Waals surface area (Å²) in [4.78, 5) is 11.5. The van der Waals surface area contributed by atoms with Crippen molar-refractivity contribution in [2.45, 2.75) is 26.3 Å². The van der Waals surface area contributed by atoms with Crippen LogP contribution in [0.3, 0.4) is 0 Å². The fourth-order valence-electron chi connectivity index (χ4n) is 1.76. The van der Waals surface area contributed by atoms with Crippen LogP contribution in [0.4, 0.5) is 0 Å². The molecule has 1 aliphatic carbocycles. The maximum atomic E-state index is 11.5. The number of hydrogen-bond donors (Lipinski definition) is 2. The van der Waals surface area contributed by atoms with Crippen LogP contribution in [0, 0.1) is 12.8 Å². The SMILES string of the molecule is Cc1ccccc1CNCC(=O)NCC1CC1. The van der Waals surface area contributed by atoms with Crippen molar-refractivity contribution in [2.75, 3.05) is 13.1 Å². The third-order valence-electron chi connectivity index (χ3n) is 3.15. The standard InChI is InChI=1S/C14H20N2O/c1-11-4-2-3-5-13(11)9-15-10-14(17)16-8-12-6-7-12/h2-5,12,15H,6-10H2,1H3,(H,16,17). The van der Waals surface area contributed by atoms with Crippen molar-refractivity contribution in [3.8, 4) is 0 Å². The summed E-state index contributed by atoms with van der Waals surface area (Å²) in [6.07, 6.45) is 2.55. The Morgan fingerprint density at radius 2 is 2.12 bits per heavy atom. The first-order valence-electron chi connectivity index (χ1n) is 6.27. The van der Waals surface area contributed by atoms with Crippen LogP contribution in [-0.4, -0.2) is 19.0 Å². The van der Waals surface area contributed by atoms with Crippen LogP contribution in [-0.2, 0) is 11.3 Å². The van der Waals surface area contributed by atoms with Gasteiger partial charge in [0.05, 0.1) is 6.54 Å². The van der Waals surface area contributed by atoms with Crippen molar-refractivity contribution in [1.29, 1.82) is 0 Å². The van der Waals surface area contributed by atoms with Gasteiger partial charge in [-0.2, -0.15) is 0 Å². The third kappa shape index (κ3) is 4.19. The highest BCUT2D eigenvalue weighted by molar-refractivity contribution is 5.77. The Morgan fingerprint density at radius 1 is 1.35 bits per heavy atom. The van der Waals surface area contributed by atoms with E-state index in [4.69, 9.17) is 0 Å². The summed E-state index contributed by atoms with van der Waals surface area (Å²) in [6, 6.07) is 8.23. The maximum absolute atomic E-state index is 11.5. The molecule has 0 heterocycles. The first kappa shape index (κ1) is 12.1. The molecule has 3 nitrogen and oxygen atoms in total. The van der Waals surface area contributed by atoms with Crippen molar-refractivity contribution in [2.24, 2.45) is 5.92 Å². The lowest BCUT2D eigenvalue weighted by atomic mass is 10.1. The molecule has 0 saturated heterocycles. The van der Waals surface area contributed by atoms with Crippen LogP contribution in [0.5, 0.6) is 0 Å². The van der Waals surface area contributed by atoms with Gasteiger partial charge < -0.3 is 10.6 Å². The van der Waals surface area contributed by atoms with Crippen LogP contribution in [0.15, 0.2) is 24.3 Å². The van der Waals surface area contributed by atoms with Crippen molar-refractivity contribution < 1.29 is 4.79 Å². The van der Waals surface area contributed by atoms with Gasteiger partial charge in [-0.3, -0.25) is 4.79 Å². The molecule has 0 aliphatic heterocycles. The Kier molecular flexibility index (Phi) is 4.15. The van der Waals surface area contributed by atoms with Crippen LogP contribution in [0.1, 0.15) is 24.0 Å². The predicted octanol–water partition coefficient (Wildman–Crippen LogP) is 1.61. The Hall–Kier alpha value is -1.35. The zero-order chi connectivity index (χ0) is 12.1. The van der Waals surface area contributed by atoms with E-state index in [1.165, 1.54) is 24.0 Å². The van der Waals surface area contributed by atoms with Crippen molar-refractivity contribution in [1.82, 2.24) is 10.6 Å². The summed E-state index contributed by atoms with van der Waals surface area (Å²) in [5.74, 6) is 0.848. The molecule has 0 aromatic heterocycles. The van der Waals surface area contributed by atoms with Gasteiger partial charge in [0, 0.05) is 13.1 Å². The predicted molar refractivity (Wildman–Crippen MR) is 68.6 cm³/mol. The Morgan fingerprint density at radius 3 is 2.82 bits per heavy atom. The van der Waals surface area contributed by atoms with Crippen LogP contribution in [0.2, 0.25) is 0 Å². The van der Waals surface area contributed by atoms with E-state index in [9.17, 15) is 4.79 Å². The van der Waals surface area contributed by atoms with Gasteiger partial charge in [0.25, 0.3) is 0 Å². The zero-order valence-corrected chi connectivity index (χ0v) is 10.3. The highest BCUT2D eigenvalue weighted by Crippen LogP contribution is 2.27. The molecule has 1 aromatic rings. The van der Waals surface area contributed by atoms with E-state index in [-0.39, 0.29) is 5.91 Å². The largest absolute Gasteiger partial charge is 0.355 e. The molecule has 1 amide bonds. The Labute approximate surface area is 103 Å². The number of aryl methyl sites for hydroxylation is 1. The molecular weight excluding hydrogens is 212 g/mol. The second kappa shape index (κ2) is 5.82. The number of carbonyl (C=O) groups excluding carboxylic acids is 1. The van der Waals surface area contributed by atoms with Crippen molar-refractivity contribution in [3.05, 3.63) is 35.4 Å². The number of amides is 1. The molecule has 92 valence electrons. The summed E-state index contributed by atoms with van der Waals surface area (Å²) in [5, 5.41) is 6.12. The number of benzene rings is 1. The van der Waals surface area contributed by atoms with Gasteiger partial charge in [-0.05, 0) is 36.8 Å². The minimum atomic E-state index is 0.102. The number of carbonyl (C=O) groups is 1. The maximum Gasteiger partial charge on any atom is 0.233 e. The van der Waals surface area contributed by atoms with E-state index >= 15 is 0 Å². The van der Waals surface area contributed by atoms with Crippen LogP contribution >= 0.6 is 0 Å². The lowest BCUT2D eigenvalue weighted by Gasteiger charge is -2.08. The molecule has 1 fully saturated rings. The topological polar surface area (TPSA) is 41.1 Å². The minimum Gasteiger partial charge on any atom is -0.355 e. The van der Waals surface area contributed by atoms with E-state index < -0.39 is 0 Å². The molecule has 0 spiro atoms. The molecule has 3 heteroatoms. The van der Waals surface area contributed by atoms with Crippen LogP contribution in [0.25, 0.3) is 0 Å². The minimum absolute atomic E-state index is 0.102. The molecule has 0 radical (unpaired) electrons. The number of hydrogen-bond acceptors (Lipinski definition) is 2. The summed E-state index contributed by atoms with van der Waals surface area (Å²) >= 11 is 0. The monoisotopic (exact) mass is 232 g/mol. The van der Waals surface area contributed by atoms with Gasteiger partial charge in [-0.15, -0.1) is 0 Å². The van der Waals surface area contributed by atoms with Gasteiger partial charge in [-0.25, -0.2) is 0 Å². The smallest absolute Gasteiger partial charge is 0.233 e. The van der Waals surface area contributed by atoms with E-state index in [0.29, 0.717) is 6.54 Å². The molecular formula is C14H20N2O. The zero-order valence-electron chi connectivity index (χ0n) is 10.3. The van der Waals surface area contributed by atoms with Crippen molar-refractivity contribution >= 4 is 5.91 Å². The Balaban J connectivity index is 1.64. The highest BCUT2D eigenvalue weighted by Gasteiger charge is 2.21. The average Bonchev–Trinajstić information content (AvgIpc) is 3.13. The Bertz CT molecular complexity index is 386. The van der Waals surface area contributed by atoms with E-state index in [0.717, 1.165) is 19.0 Å². The summed E-state index contributed by atoms with van der Waals surface area (Å²) in [5.41, 5.74) is 2.51. The van der Waals surface area contributed by atoms with Gasteiger partial charge >= 0.3 is 0 Å². The van der Waals surface area contributed by atoms with E-state index in [1.54, 1.807) is 0 Å². The first-order chi connectivity index (χ1) is 8.25. The van der Waals surface area contributed by atoms with Gasteiger partial charge in [0.15, 0.2) is 0 Å². The third-order valence-corrected chi connectivity index (χ3v) is 3.15. The highest BCUT2D eigenvalue weighted by atomic mass is 16.1. The lowest BCUT2D eigenvalue weighted by Crippen LogP contribution is -2.34. The van der Waals surface area contributed by atoms with E-state index in [2.05, 4.69) is 29.7 Å². The van der Waals surface area contributed by atoms with E-state index in [1.807, 2.05) is 12.1 Å². The first-order valence-corrected chi connectivity index (χ1v) is 6.27. The number of nitrogens with one attached hydrogen (secondary N) is 2. The van der Waals surface area contributed by atoms with Crippen molar-refractivity contribution in [3.63, 3.8) is 0 Å². The number of rotatable bonds is 6. The molecule has 0 bridgehead atoms. The fraction of sp³-hybridized carbons (Fsp3) is 0.500. The lowest BCUT2D eigenvalue weighted by molar-refractivity contribution is -0.120. The summed E-state index contributed by atoms with van der Waals surface area (Å²) < 4.78 is 0. The summed E-state index contributed by atoms with van der Waals surface area (Å²) in [6.45, 7) is 4.10. The molecule has 1 saturated carbocycles. The van der Waals surface area contributed by atoms with Gasteiger partial charge in [0.2, 0.25) is 5.91 Å². The van der Waals surface area contributed by atoms with Gasteiger partial charge in [0.1, 0.15) is 0 Å². The molecule has 2 rings (SSSR count).